The van der Waals surface area contributed by atoms with Crippen molar-refractivity contribution in [1.29, 1.82) is 0 Å². The summed E-state index contributed by atoms with van der Waals surface area (Å²) in [7, 11) is 0. The van der Waals surface area contributed by atoms with Gasteiger partial charge in [-0.3, -0.25) is 0 Å². The van der Waals surface area contributed by atoms with E-state index in [1.807, 2.05) is 52.0 Å². The summed E-state index contributed by atoms with van der Waals surface area (Å²) < 4.78 is 13.4. The molecule has 0 atom stereocenters. The number of aryl methyl sites for hydroxylation is 1. The standard InChI is InChI=1S/C22H27N5O3/c1-15-5-7-16(8-6-15)27-19-18(13-25-27)20(24-14-23-19)29-17-9-11-26(12-10-17)21(28)30-22(2,3)4/h5-8,13-14,17H,9-12H2,1-4H3. The summed E-state index contributed by atoms with van der Waals surface area (Å²) in [6, 6.07) is 8.10. The summed E-state index contributed by atoms with van der Waals surface area (Å²) in [6.45, 7) is 8.85. The van der Waals surface area contributed by atoms with Gasteiger partial charge in [-0.2, -0.15) is 5.10 Å². The number of rotatable bonds is 3. The molecule has 1 amide bonds. The summed E-state index contributed by atoms with van der Waals surface area (Å²) in [5.41, 5.74) is 2.33. The van der Waals surface area contributed by atoms with Gasteiger partial charge in [0.15, 0.2) is 5.65 Å². The number of hydrogen-bond acceptors (Lipinski definition) is 6. The second-order valence-corrected chi connectivity index (χ2v) is 8.59. The van der Waals surface area contributed by atoms with Crippen LogP contribution in [0.1, 0.15) is 39.2 Å². The quantitative estimate of drug-likeness (QED) is 0.652. The van der Waals surface area contributed by atoms with E-state index in [1.54, 1.807) is 15.8 Å². The predicted molar refractivity (Wildman–Crippen MR) is 113 cm³/mol. The number of fused-ring (bicyclic) bond motifs is 1. The zero-order valence-electron chi connectivity index (χ0n) is 17.8. The van der Waals surface area contributed by atoms with Gasteiger partial charge in [-0.15, -0.1) is 0 Å². The van der Waals surface area contributed by atoms with Gasteiger partial charge in [0.05, 0.1) is 11.9 Å². The highest BCUT2D eigenvalue weighted by molar-refractivity contribution is 5.81. The maximum absolute atomic E-state index is 12.2. The topological polar surface area (TPSA) is 82.4 Å². The van der Waals surface area contributed by atoms with Crippen LogP contribution in [0.4, 0.5) is 4.79 Å². The molecule has 1 fully saturated rings. The first-order valence-electron chi connectivity index (χ1n) is 10.2. The SMILES string of the molecule is Cc1ccc(-n2ncc3c(OC4CCN(C(=O)OC(C)(C)C)CC4)ncnc32)cc1. The van der Waals surface area contributed by atoms with Crippen molar-refractivity contribution in [3.05, 3.63) is 42.4 Å². The van der Waals surface area contributed by atoms with Gasteiger partial charge in [0, 0.05) is 25.9 Å². The lowest BCUT2D eigenvalue weighted by molar-refractivity contribution is 0.0124. The molecule has 3 heterocycles. The molecule has 1 aliphatic heterocycles. The Hall–Kier alpha value is -3.16. The smallest absolute Gasteiger partial charge is 0.410 e. The highest BCUT2D eigenvalue weighted by Gasteiger charge is 2.28. The Morgan fingerprint density at radius 1 is 1.10 bits per heavy atom. The van der Waals surface area contributed by atoms with Crippen LogP contribution < -0.4 is 4.74 Å². The lowest BCUT2D eigenvalue weighted by Crippen LogP contribution is -2.44. The summed E-state index contributed by atoms with van der Waals surface area (Å²) >= 11 is 0. The fourth-order valence-corrected chi connectivity index (χ4v) is 3.43. The monoisotopic (exact) mass is 409 g/mol. The highest BCUT2D eigenvalue weighted by Crippen LogP contribution is 2.26. The molecule has 1 aliphatic rings. The van der Waals surface area contributed by atoms with E-state index in [0.29, 0.717) is 24.6 Å². The van der Waals surface area contributed by atoms with Crippen molar-refractivity contribution >= 4 is 17.1 Å². The van der Waals surface area contributed by atoms with Crippen LogP contribution in [-0.2, 0) is 4.74 Å². The van der Waals surface area contributed by atoms with Crippen LogP contribution in [0.5, 0.6) is 5.88 Å². The van der Waals surface area contributed by atoms with E-state index in [1.165, 1.54) is 11.9 Å². The molecule has 2 aromatic heterocycles. The normalized spacial score (nSPS) is 15.4. The molecule has 0 unspecified atom stereocenters. The molecular formula is C22H27N5O3. The van der Waals surface area contributed by atoms with Crippen LogP contribution in [0.2, 0.25) is 0 Å². The first-order valence-corrected chi connectivity index (χ1v) is 10.2. The summed E-state index contributed by atoms with van der Waals surface area (Å²) in [6.07, 6.45) is 4.38. The lowest BCUT2D eigenvalue weighted by Gasteiger charge is -2.33. The Kier molecular flexibility index (Phi) is 5.32. The molecule has 0 bridgehead atoms. The minimum absolute atomic E-state index is 0.0236. The zero-order valence-corrected chi connectivity index (χ0v) is 17.8. The van der Waals surface area contributed by atoms with E-state index in [4.69, 9.17) is 9.47 Å². The number of ether oxygens (including phenoxy) is 2. The van der Waals surface area contributed by atoms with Gasteiger partial charge in [-0.05, 0) is 39.8 Å². The number of amides is 1. The maximum Gasteiger partial charge on any atom is 0.410 e. The minimum atomic E-state index is -0.491. The van der Waals surface area contributed by atoms with Gasteiger partial charge >= 0.3 is 6.09 Å². The second-order valence-electron chi connectivity index (χ2n) is 8.59. The Balaban J connectivity index is 1.45. The first-order chi connectivity index (χ1) is 14.3. The molecule has 4 rings (SSSR count). The van der Waals surface area contributed by atoms with Gasteiger partial charge < -0.3 is 14.4 Å². The molecule has 8 nitrogen and oxygen atoms in total. The average molecular weight is 409 g/mol. The second kappa shape index (κ2) is 7.93. The van der Waals surface area contributed by atoms with Crippen molar-refractivity contribution < 1.29 is 14.3 Å². The maximum atomic E-state index is 12.2. The van der Waals surface area contributed by atoms with E-state index in [-0.39, 0.29) is 12.2 Å². The summed E-state index contributed by atoms with van der Waals surface area (Å²) in [4.78, 5) is 22.7. The molecule has 158 valence electrons. The molecule has 0 radical (unpaired) electrons. The Labute approximate surface area is 175 Å². The van der Waals surface area contributed by atoms with E-state index < -0.39 is 5.60 Å². The van der Waals surface area contributed by atoms with Gasteiger partial charge in [0.2, 0.25) is 5.88 Å². The van der Waals surface area contributed by atoms with Crippen molar-refractivity contribution in [1.82, 2.24) is 24.6 Å². The van der Waals surface area contributed by atoms with Crippen molar-refractivity contribution in [2.45, 2.75) is 52.2 Å². The lowest BCUT2D eigenvalue weighted by atomic mass is 10.1. The average Bonchev–Trinajstić information content (AvgIpc) is 3.13. The molecular weight excluding hydrogens is 382 g/mol. The highest BCUT2D eigenvalue weighted by atomic mass is 16.6. The number of piperidine rings is 1. The van der Waals surface area contributed by atoms with Crippen LogP contribution in [-0.4, -0.2) is 55.5 Å². The van der Waals surface area contributed by atoms with Gasteiger partial charge in [-0.1, -0.05) is 17.7 Å². The van der Waals surface area contributed by atoms with Crippen LogP contribution in [0.15, 0.2) is 36.8 Å². The number of likely N-dealkylation sites (tertiary alicyclic amines) is 1. The summed E-state index contributed by atoms with van der Waals surface area (Å²) in [5.74, 6) is 0.522. The van der Waals surface area contributed by atoms with E-state index >= 15 is 0 Å². The van der Waals surface area contributed by atoms with Crippen LogP contribution in [0.3, 0.4) is 0 Å². The fourth-order valence-electron chi connectivity index (χ4n) is 3.43. The molecule has 0 aliphatic carbocycles. The molecule has 3 aromatic rings. The first kappa shape index (κ1) is 20.1. The van der Waals surface area contributed by atoms with Crippen molar-refractivity contribution in [2.24, 2.45) is 0 Å². The third-order valence-electron chi connectivity index (χ3n) is 4.98. The molecule has 0 N–H and O–H groups in total. The third kappa shape index (κ3) is 4.37. The van der Waals surface area contributed by atoms with Crippen molar-refractivity contribution in [3.8, 4) is 11.6 Å². The van der Waals surface area contributed by atoms with Gasteiger partial charge in [0.1, 0.15) is 23.4 Å². The number of carbonyl (C=O) groups excluding carboxylic acids is 1. The Morgan fingerprint density at radius 2 is 1.80 bits per heavy atom. The van der Waals surface area contributed by atoms with Gasteiger partial charge in [-0.25, -0.2) is 19.4 Å². The zero-order chi connectivity index (χ0) is 21.3. The number of carbonyl (C=O) groups is 1. The van der Waals surface area contributed by atoms with E-state index in [9.17, 15) is 4.79 Å². The molecule has 1 saturated heterocycles. The van der Waals surface area contributed by atoms with Crippen molar-refractivity contribution in [3.63, 3.8) is 0 Å². The molecule has 0 saturated carbocycles. The third-order valence-corrected chi connectivity index (χ3v) is 4.98. The predicted octanol–water partition coefficient (Wildman–Crippen LogP) is 3.90. The van der Waals surface area contributed by atoms with E-state index in [2.05, 4.69) is 15.1 Å². The van der Waals surface area contributed by atoms with Crippen LogP contribution in [0.25, 0.3) is 16.7 Å². The van der Waals surface area contributed by atoms with E-state index in [0.717, 1.165) is 23.9 Å². The molecule has 8 heteroatoms. The van der Waals surface area contributed by atoms with Crippen molar-refractivity contribution in [2.75, 3.05) is 13.1 Å². The largest absolute Gasteiger partial charge is 0.474 e. The Bertz CT molecular complexity index is 1030. The molecule has 0 spiro atoms. The van der Waals surface area contributed by atoms with Crippen LogP contribution >= 0.6 is 0 Å². The molecule has 1 aromatic carbocycles. The number of nitrogens with zero attached hydrogens (tertiary/aromatic N) is 5. The Morgan fingerprint density at radius 3 is 2.47 bits per heavy atom. The summed E-state index contributed by atoms with van der Waals surface area (Å²) in [5, 5.41) is 5.25. The van der Waals surface area contributed by atoms with Gasteiger partial charge in [0.25, 0.3) is 0 Å². The molecule has 30 heavy (non-hydrogen) atoms. The number of aromatic nitrogens is 4. The number of benzene rings is 1. The number of hydrogen-bond donors (Lipinski definition) is 0. The van der Waals surface area contributed by atoms with Crippen LogP contribution in [0, 0.1) is 6.92 Å². The minimum Gasteiger partial charge on any atom is -0.474 e. The fraction of sp³-hybridized carbons (Fsp3) is 0.455.